The van der Waals surface area contributed by atoms with Crippen LogP contribution in [0.5, 0.6) is 0 Å². The molecule has 7 nitrogen and oxygen atoms in total. The van der Waals surface area contributed by atoms with Crippen molar-refractivity contribution in [3.63, 3.8) is 0 Å². The van der Waals surface area contributed by atoms with E-state index < -0.39 is 0 Å². The number of aromatic nitrogens is 2. The lowest BCUT2D eigenvalue weighted by molar-refractivity contribution is -0.126. The van der Waals surface area contributed by atoms with Gasteiger partial charge in [-0.2, -0.15) is 4.98 Å². The van der Waals surface area contributed by atoms with Crippen molar-refractivity contribution in [1.29, 1.82) is 0 Å². The Morgan fingerprint density at radius 1 is 1.35 bits per heavy atom. The first-order chi connectivity index (χ1) is 12.7. The van der Waals surface area contributed by atoms with Gasteiger partial charge in [-0.3, -0.25) is 9.69 Å². The van der Waals surface area contributed by atoms with Gasteiger partial charge in [0.25, 0.3) is 5.89 Å². The van der Waals surface area contributed by atoms with Gasteiger partial charge < -0.3 is 14.6 Å². The maximum atomic E-state index is 13.0. The second kappa shape index (κ2) is 8.86. The van der Waals surface area contributed by atoms with Gasteiger partial charge >= 0.3 is 0 Å². The van der Waals surface area contributed by atoms with Crippen molar-refractivity contribution in [1.82, 2.24) is 20.4 Å². The van der Waals surface area contributed by atoms with Gasteiger partial charge in [-0.25, -0.2) is 4.39 Å². The number of amides is 1. The summed E-state index contributed by atoms with van der Waals surface area (Å²) in [6, 6.07) is 5.95. The third-order valence-corrected chi connectivity index (χ3v) is 4.49. The molecule has 2 heterocycles. The first-order valence-corrected chi connectivity index (χ1v) is 8.73. The zero-order chi connectivity index (χ0) is 18.4. The second-order valence-corrected chi connectivity index (χ2v) is 6.36. The molecule has 0 saturated carbocycles. The molecule has 0 aliphatic carbocycles. The average molecular weight is 362 g/mol. The van der Waals surface area contributed by atoms with E-state index in [0.717, 1.165) is 25.9 Å². The molecule has 0 unspecified atom stereocenters. The highest BCUT2D eigenvalue weighted by molar-refractivity contribution is 5.78. The summed E-state index contributed by atoms with van der Waals surface area (Å²) in [7, 11) is 1.62. The van der Waals surface area contributed by atoms with Crippen LogP contribution in [0.1, 0.15) is 18.7 Å². The Morgan fingerprint density at radius 2 is 2.08 bits per heavy atom. The van der Waals surface area contributed by atoms with Crippen LogP contribution >= 0.6 is 0 Å². The summed E-state index contributed by atoms with van der Waals surface area (Å²) in [6.07, 6.45) is 1.61. The molecular weight excluding hydrogens is 339 g/mol. The number of carbonyl (C=O) groups excluding carboxylic acids is 1. The van der Waals surface area contributed by atoms with Gasteiger partial charge in [0.05, 0.1) is 13.2 Å². The van der Waals surface area contributed by atoms with Crippen LogP contribution in [0.3, 0.4) is 0 Å². The van der Waals surface area contributed by atoms with Gasteiger partial charge in [0, 0.05) is 25.1 Å². The molecule has 1 fully saturated rings. The predicted molar refractivity (Wildman–Crippen MR) is 92.6 cm³/mol. The van der Waals surface area contributed by atoms with Gasteiger partial charge in [0.1, 0.15) is 5.82 Å². The number of nitrogens with one attached hydrogen (secondary N) is 1. The molecule has 1 N–H and O–H groups in total. The van der Waals surface area contributed by atoms with Crippen molar-refractivity contribution in [2.24, 2.45) is 5.92 Å². The van der Waals surface area contributed by atoms with E-state index in [1.807, 2.05) is 0 Å². The van der Waals surface area contributed by atoms with Crippen molar-refractivity contribution in [2.45, 2.75) is 19.4 Å². The molecule has 8 heteroatoms. The van der Waals surface area contributed by atoms with E-state index in [0.29, 0.717) is 37.0 Å². The Balaban J connectivity index is 1.47. The van der Waals surface area contributed by atoms with E-state index in [9.17, 15) is 9.18 Å². The van der Waals surface area contributed by atoms with Crippen molar-refractivity contribution >= 4 is 5.91 Å². The standard InChI is InChI=1S/C18H23FN4O3/c1-25-11-8-20-17(24)13-6-9-23(10-7-13)12-16-21-18(26-22-16)14-2-4-15(19)5-3-14/h2-5,13H,6-12H2,1H3,(H,20,24). The molecule has 0 radical (unpaired) electrons. The molecule has 1 amide bonds. The first-order valence-electron chi connectivity index (χ1n) is 8.73. The van der Waals surface area contributed by atoms with Crippen LogP contribution in [0.15, 0.2) is 28.8 Å². The molecule has 0 atom stereocenters. The van der Waals surface area contributed by atoms with E-state index in [1.165, 1.54) is 12.1 Å². The number of carbonyl (C=O) groups is 1. The maximum absolute atomic E-state index is 13.0. The van der Waals surface area contributed by atoms with E-state index in [1.54, 1.807) is 19.2 Å². The van der Waals surface area contributed by atoms with Crippen LogP contribution in [-0.2, 0) is 16.1 Å². The zero-order valence-electron chi connectivity index (χ0n) is 14.8. The van der Waals surface area contributed by atoms with Crippen molar-refractivity contribution in [3.8, 4) is 11.5 Å². The summed E-state index contributed by atoms with van der Waals surface area (Å²) >= 11 is 0. The molecule has 1 saturated heterocycles. The Hall–Kier alpha value is -2.32. The molecule has 1 aliphatic rings. The van der Waals surface area contributed by atoms with Gasteiger partial charge in [0.2, 0.25) is 5.91 Å². The minimum Gasteiger partial charge on any atom is -0.383 e. The maximum Gasteiger partial charge on any atom is 0.257 e. The Bertz CT molecular complexity index is 711. The molecule has 26 heavy (non-hydrogen) atoms. The minimum absolute atomic E-state index is 0.0446. The van der Waals surface area contributed by atoms with Crippen LogP contribution in [0.25, 0.3) is 11.5 Å². The molecule has 140 valence electrons. The normalized spacial score (nSPS) is 15.9. The number of nitrogens with zero attached hydrogens (tertiary/aromatic N) is 3. The zero-order valence-corrected chi connectivity index (χ0v) is 14.8. The van der Waals surface area contributed by atoms with Crippen LogP contribution in [-0.4, -0.2) is 54.3 Å². The van der Waals surface area contributed by atoms with E-state index >= 15 is 0 Å². The van der Waals surface area contributed by atoms with Crippen molar-refractivity contribution in [2.75, 3.05) is 33.4 Å². The molecule has 3 rings (SSSR count). The summed E-state index contributed by atoms with van der Waals surface area (Å²) in [5, 5.41) is 6.89. The molecule has 1 aromatic carbocycles. The fourth-order valence-corrected chi connectivity index (χ4v) is 3.00. The number of ether oxygens (including phenoxy) is 1. The number of piperidine rings is 1. The number of likely N-dealkylation sites (tertiary alicyclic amines) is 1. The SMILES string of the molecule is COCCNC(=O)C1CCN(Cc2noc(-c3ccc(F)cc3)n2)CC1. The van der Waals surface area contributed by atoms with E-state index in [2.05, 4.69) is 20.4 Å². The lowest BCUT2D eigenvalue weighted by atomic mass is 9.96. The van der Waals surface area contributed by atoms with Crippen molar-refractivity contribution < 1.29 is 18.4 Å². The summed E-state index contributed by atoms with van der Waals surface area (Å²) < 4.78 is 23.2. The third-order valence-electron chi connectivity index (χ3n) is 4.49. The Labute approximate surface area is 151 Å². The third kappa shape index (κ3) is 4.86. The van der Waals surface area contributed by atoms with Gasteiger partial charge in [-0.05, 0) is 50.2 Å². The highest BCUT2D eigenvalue weighted by Crippen LogP contribution is 2.21. The second-order valence-electron chi connectivity index (χ2n) is 6.36. The highest BCUT2D eigenvalue weighted by Gasteiger charge is 2.25. The quantitative estimate of drug-likeness (QED) is 0.757. The fraction of sp³-hybridized carbons (Fsp3) is 0.500. The van der Waals surface area contributed by atoms with E-state index in [-0.39, 0.29) is 17.6 Å². The Kier molecular flexibility index (Phi) is 6.30. The molecule has 2 aromatic rings. The topological polar surface area (TPSA) is 80.5 Å². The molecule has 0 bridgehead atoms. The highest BCUT2D eigenvalue weighted by atomic mass is 19.1. The lowest BCUT2D eigenvalue weighted by Gasteiger charge is -2.30. The smallest absolute Gasteiger partial charge is 0.257 e. The number of rotatable bonds is 7. The van der Waals surface area contributed by atoms with Crippen LogP contribution in [0, 0.1) is 11.7 Å². The molecule has 0 spiro atoms. The fourth-order valence-electron chi connectivity index (χ4n) is 3.00. The molecular formula is C18H23FN4O3. The summed E-state index contributed by atoms with van der Waals surface area (Å²) in [6.45, 7) is 3.26. The summed E-state index contributed by atoms with van der Waals surface area (Å²) in [5.41, 5.74) is 0.691. The average Bonchev–Trinajstić information content (AvgIpc) is 3.11. The monoisotopic (exact) mass is 362 g/mol. The summed E-state index contributed by atoms with van der Waals surface area (Å²) in [4.78, 5) is 18.7. The Morgan fingerprint density at radius 3 is 2.77 bits per heavy atom. The van der Waals surface area contributed by atoms with Crippen LogP contribution < -0.4 is 5.32 Å². The van der Waals surface area contributed by atoms with Crippen LogP contribution in [0.2, 0.25) is 0 Å². The number of methoxy groups -OCH3 is 1. The first kappa shape index (κ1) is 18.5. The van der Waals surface area contributed by atoms with Gasteiger partial charge in [0.15, 0.2) is 5.82 Å². The summed E-state index contributed by atoms with van der Waals surface area (Å²) in [5.74, 6) is 0.811. The van der Waals surface area contributed by atoms with Gasteiger partial charge in [-0.1, -0.05) is 5.16 Å². The number of hydrogen-bond acceptors (Lipinski definition) is 6. The molecule has 1 aliphatic heterocycles. The predicted octanol–water partition coefficient (Wildman–Crippen LogP) is 1.85. The minimum atomic E-state index is -0.303. The largest absolute Gasteiger partial charge is 0.383 e. The number of hydrogen-bond donors (Lipinski definition) is 1. The van der Waals surface area contributed by atoms with E-state index in [4.69, 9.17) is 9.26 Å². The lowest BCUT2D eigenvalue weighted by Crippen LogP contribution is -2.41. The van der Waals surface area contributed by atoms with Gasteiger partial charge in [-0.15, -0.1) is 0 Å². The number of halogens is 1. The number of benzene rings is 1. The molecule has 1 aromatic heterocycles. The van der Waals surface area contributed by atoms with Crippen LogP contribution in [0.4, 0.5) is 4.39 Å². The van der Waals surface area contributed by atoms with Crippen molar-refractivity contribution in [3.05, 3.63) is 35.9 Å².